The Morgan fingerprint density at radius 3 is 2.41 bits per heavy atom. The fourth-order valence-electron chi connectivity index (χ4n) is 3.73. The lowest BCUT2D eigenvalue weighted by Gasteiger charge is -2.32. The van der Waals surface area contributed by atoms with Crippen molar-refractivity contribution < 1.29 is 13.9 Å². The maximum atomic E-state index is 14.4. The fourth-order valence-corrected chi connectivity index (χ4v) is 3.73. The van der Waals surface area contributed by atoms with Gasteiger partial charge in [-0.1, -0.05) is 31.2 Å². The predicted octanol–water partition coefficient (Wildman–Crippen LogP) is 6.11. The largest absolute Gasteiger partial charge is 0.385 e. The van der Waals surface area contributed by atoms with E-state index in [1.807, 2.05) is 43.0 Å². The molecule has 3 nitrogen and oxygen atoms in total. The second kappa shape index (κ2) is 11.1. The molecule has 0 aromatic heterocycles. The van der Waals surface area contributed by atoms with Crippen LogP contribution in [0.3, 0.4) is 0 Å². The van der Waals surface area contributed by atoms with Crippen LogP contribution in [0.15, 0.2) is 42.5 Å². The number of carbonyl (C=O) groups is 1. The Morgan fingerprint density at radius 1 is 1.07 bits per heavy atom. The molecule has 0 heterocycles. The Kier molecular flexibility index (Phi) is 8.84. The molecule has 158 valence electrons. The highest BCUT2D eigenvalue weighted by Gasteiger charge is 2.24. The lowest BCUT2D eigenvalue weighted by atomic mass is 9.93. The zero-order chi connectivity index (χ0) is 21.4. The fraction of sp³-hybridized carbons (Fsp3) is 0.480. The third-order valence-electron chi connectivity index (χ3n) is 5.42. The van der Waals surface area contributed by atoms with Crippen molar-refractivity contribution in [1.29, 1.82) is 0 Å². The highest BCUT2D eigenvalue weighted by molar-refractivity contribution is 5.95. The number of nitrogens with zero attached hydrogens (tertiary/aromatic N) is 1. The van der Waals surface area contributed by atoms with Crippen LogP contribution in [-0.4, -0.2) is 36.6 Å². The van der Waals surface area contributed by atoms with Crippen LogP contribution >= 0.6 is 0 Å². The summed E-state index contributed by atoms with van der Waals surface area (Å²) in [4.78, 5) is 15.2. The van der Waals surface area contributed by atoms with E-state index >= 15 is 0 Å². The number of aryl methyl sites for hydroxylation is 1. The van der Waals surface area contributed by atoms with Crippen LogP contribution in [0, 0.1) is 5.82 Å². The zero-order valence-electron chi connectivity index (χ0n) is 18.4. The predicted molar refractivity (Wildman–Crippen MR) is 118 cm³/mol. The summed E-state index contributed by atoms with van der Waals surface area (Å²) >= 11 is 0. The Bertz CT molecular complexity index is 803. The SMILES string of the molecule is CC[C@@H](C)N(C(=O)c1ccc(-c2ccccc2F)c(CCCCOC)c1)C(C)C. The smallest absolute Gasteiger partial charge is 0.254 e. The number of benzene rings is 2. The van der Waals surface area contributed by atoms with Crippen molar-refractivity contribution in [3.05, 3.63) is 59.4 Å². The number of amides is 1. The van der Waals surface area contributed by atoms with Crippen LogP contribution in [0.5, 0.6) is 0 Å². The van der Waals surface area contributed by atoms with Crippen LogP contribution < -0.4 is 0 Å². The van der Waals surface area contributed by atoms with E-state index in [2.05, 4.69) is 13.8 Å². The molecule has 0 spiro atoms. The minimum atomic E-state index is -0.242. The van der Waals surface area contributed by atoms with Gasteiger partial charge >= 0.3 is 0 Å². The maximum Gasteiger partial charge on any atom is 0.254 e. The molecular weight excluding hydrogens is 365 g/mol. The average molecular weight is 400 g/mol. The lowest BCUT2D eigenvalue weighted by molar-refractivity contribution is 0.0621. The highest BCUT2D eigenvalue weighted by Crippen LogP contribution is 2.29. The van der Waals surface area contributed by atoms with Gasteiger partial charge in [0.2, 0.25) is 0 Å². The van der Waals surface area contributed by atoms with Gasteiger partial charge in [-0.25, -0.2) is 4.39 Å². The lowest BCUT2D eigenvalue weighted by Crippen LogP contribution is -2.43. The first-order valence-corrected chi connectivity index (χ1v) is 10.6. The molecule has 0 aliphatic rings. The standard InChI is InChI=1S/C25H34FNO2/c1-6-19(4)27(18(2)3)25(28)21-14-15-22(23-12-7-8-13-24(23)26)20(17-21)11-9-10-16-29-5/h7-8,12-15,17-19H,6,9-11,16H2,1-5H3/t19-/m1/s1. The Morgan fingerprint density at radius 2 is 1.79 bits per heavy atom. The molecule has 4 heteroatoms. The summed E-state index contributed by atoms with van der Waals surface area (Å²) in [5.41, 5.74) is 3.11. The minimum Gasteiger partial charge on any atom is -0.385 e. The Balaban J connectivity index is 2.42. The van der Waals surface area contributed by atoms with Crippen LogP contribution in [-0.2, 0) is 11.2 Å². The number of carbonyl (C=O) groups excluding carboxylic acids is 1. The van der Waals surface area contributed by atoms with E-state index in [9.17, 15) is 9.18 Å². The van der Waals surface area contributed by atoms with Gasteiger partial charge in [0.1, 0.15) is 5.82 Å². The van der Waals surface area contributed by atoms with E-state index in [-0.39, 0.29) is 23.8 Å². The van der Waals surface area contributed by atoms with Crippen molar-refractivity contribution in [2.75, 3.05) is 13.7 Å². The first-order chi connectivity index (χ1) is 13.9. The first kappa shape index (κ1) is 23.1. The summed E-state index contributed by atoms with van der Waals surface area (Å²) in [6, 6.07) is 12.8. The Labute approximate surface area is 174 Å². The average Bonchev–Trinajstić information content (AvgIpc) is 2.71. The molecule has 29 heavy (non-hydrogen) atoms. The van der Waals surface area contributed by atoms with Gasteiger partial charge in [0.25, 0.3) is 5.91 Å². The van der Waals surface area contributed by atoms with E-state index in [1.165, 1.54) is 6.07 Å². The molecule has 0 aliphatic heterocycles. The van der Waals surface area contributed by atoms with Gasteiger partial charge in [-0.15, -0.1) is 0 Å². The molecule has 1 amide bonds. The van der Waals surface area contributed by atoms with Crippen molar-refractivity contribution in [3.63, 3.8) is 0 Å². The van der Waals surface area contributed by atoms with Crippen molar-refractivity contribution in [1.82, 2.24) is 4.90 Å². The molecule has 0 bridgehead atoms. The summed E-state index contributed by atoms with van der Waals surface area (Å²) in [6.07, 6.45) is 3.53. The summed E-state index contributed by atoms with van der Waals surface area (Å²) in [6.45, 7) is 8.96. The quantitative estimate of drug-likeness (QED) is 0.451. The zero-order valence-corrected chi connectivity index (χ0v) is 18.4. The number of rotatable bonds is 10. The normalized spacial score (nSPS) is 12.2. The van der Waals surface area contributed by atoms with E-state index in [0.29, 0.717) is 17.7 Å². The molecule has 0 fully saturated rings. The first-order valence-electron chi connectivity index (χ1n) is 10.6. The number of hydrogen-bond donors (Lipinski definition) is 0. The van der Waals surface area contributed by atoms with Gasteiger partial charge < -0.3 is 9.64 Å². The Hall–Kier alpha value is -2.20. The number of unbranched alkanes of at least 4 members (excludes halogenated alkanes) is 1. The van der Waals surface area contributed by atoms with Crippen molar-refractivity contribution in [2.24, 2.45) is 0 Å². The molecule has 2 aromatic carbocycles. The topological polar surface area (TPSA) is 29.5 Å². The van der Waals surface area contributed by atoms with Crippen LogP contribution in [0.4, 0.5) is 4.39 Å². The third kappa shape index (κ3) is 5.89. The number of methoxy groups -OCH3 is 1. The number of ether oxygens (including phenoxy) is 1. The molecular formula is C25H34FNO2. The van der Waals surface area contributed by atoms with Gasteiger partial charge in [0.15, 0.2) is 0 Å². The molecule has 0 aliphatic carbocycles. The molecule has 2 rings (SSSR count). The van der Waals surface area contributed by atoms with E-state index in [4.69, 9.17) is 4.74 Å². The van der Waals surface area contributed by atoms with Crippen molar-refractivity contribution in [2.45, 2.75) is 65.5 Å². The maximum absolute atomic E-state index is 14.4. The van der Waals surface area contributed by atoms with Crippen LogP contribution in [0.1, 0.15) is 62.9 Å². The van der Waals surface area contributed by atoms with Crippen molar-refractivity contribution >= 4 is 5.91 Å². The van der Waals surface area contributed by atoms with E-state index < -0.39 is 0 Å². The monoisotopic (exact) mass is 399 g/mol. The second-order valence-corrected chi connectivity index (χ2v) is 7.87. The molecule has 0 saturated carbocycles. The van der Waals surface area contributed by atoms with Gasteiger partial charge in [-0.05, 0) is 75.8 Å². The summed E-state index contributed by atoms with van der Waals surface area (Å²) in [5.74, 6) is -0.208. The molecule has 0 saturated heterocycles. The van der Waals surface area contributed by atoms with Crippen LogP contribution in [0.25, 0.3) is 11.1 Å². The van der Waals surface area contributed by atoms with Crippen molar-refractivity contribution in [3.8, 4) is 11.1 Å². The van der Waals surface area contributed by atoms with Gasteiger partial charge in [0, 0.05) is 36.9 Å². The summed E-state index contributed by atoms with van der Waals surface area (Å²) in [7, 11) is 1.69. The molecule has 0 unspecified atom stereocenters. The second-order valence-electron chi connectivity index (χ2n) is 7.87. The number of halogens is 1. The third-order valence-corrected chi connectivity index (χ3v) is 5.42. The highest BCUT2D eigenvalue weighted by atomic mass is 19.1. The van der Waals surface area contributed by atoms with Gasteiger partial charge in [-0.3, -0.25) is 4.79 Å². The van der Waals surface area contributed by atoms with Crippen LogP contribution in [0.2, 0.25) is 0 Å². The molecule has 0 N–H and O–H groups in total. The van der Waals surface area contributed by atoms with E-state index in [0.717, 1.165) is 36.8 Å². The van der Waals surface area contributed by atoms with E-state index in [1.54, 1.807) is 19.2 Å². The minimum absolute atomic E-state index is 0.0348. The molecule has 2 aromatic rings. The van der Waals surface area contributed by atoms with Gasteiger partial charge in [-0.2, -0.15) is 0 Å². The molecule has 1 atom stereocenters. The molecule has 0 radical (unpaired) electrons. The van der Waals surface area contributed by atoms with Gasteiger partial charge in [0.05, 0.1) is 0 Å². The number of hydrogen-bond acceptors (Lipinski definition) is 2. The summed E-state index contributed by atoms with van der Waals surface area (Å²) in [5, 5.41) is 0. The summed E-state index contributed by atoms with van der Waals surface area (Å²) < 4.78 is 19.6.